The summed E-state index contributed by atoms with van der Waals surface area (Å²) in [4.78, 5) is 0. The van der Waals surface area contributed by atoms with E-state index in [-0.39, 0.29) is 0 Å². The normalized spacial score (nSPS) is 9.81. The van der Waals surface area contributed by atoms with Gasteiger partial charge in [0.25, 0.3) is 0 Å². The van der Waals surface area contributed by atoms with Crippen LogP contribution in [0, 0.1) is 11.3 Å². The number of anilines is 1. The fourth-order valence-corrected chi connectivity index (χ4v) is 2.06. The van der Waals surface area contributed by atoms with Gasteiger partial charge in [-0.1, -0.05) is 11.6 Å². The Bertz CT molecular complexity index is 374. The van der Waals surface area contributed by atoms with E-state index in [9.17, 15) is 0 Å². The van der Waals surface area contributed by atoms with Crippen molar-refractivity contribution in [2.75, 3.05) is 23.9 Å². The Labute approximate surface area is 106 Å². The van der Waals surface area contributed by atoms with Crippen LogP contribution in [0.25, 0.3) is 0 Å². The molecular weight excluding hydrogens is 240 g/mol. The average molecular weight is 255 g/mol. The Morgan fingerprint density at radius 3 is 2.88 bits per heavy atom. The van der Waals surface area contributed by atoms with Crippen molar-refractivity contribution in [1.29, 1.82) is 5.26 Å². The lowest BCUT2D eigenvalue weighted by molar-refractivity contribution is 0.843. The van der Waals surface area contributed by atoms with Crippen LogP contribution in [0.5, 0.6) is 0 Å². The van der Waals surface area contributed by atoms with E-state index in [0.717, 1.165) is 18.7 Å². The Morgan fingerprint density at radius 2 is 2.25 bits per heavy atom. The van der Waals surface area contributed by atoms with Crippen molar-refractivity contribution in [1.82, 2.24) is 0 Å². The van der Waals surface area contributed by atoms with Gasteiger partial charge in [0, 0.05) is 6.54 Å². The fraction of sp³-hybridized carbons (Fsp3) is 0.417. The standard InChI is InChI=1S/C12H15ClN2S/c1-16-7-3-2-6-15-12-5-4-10(9-14)8-11(12)13/h4-5,8,15H,2-3,6-7H2,1H3. The molecule has 0 aliphatic rings. The number of nitrogens with one attached hydrogen (secondary N) is 1. The zero-order valence-corrected chi connectivity index (χ0v) is 10.9. The maximum Gasteiger partial charge on any atom is 0.0992 e. The maximum absolute atomic E-state index is 8.69. The molecule has 4 heteroatoms. The highest BCUT2D eigenvalue weighted by Gasteiger charge is 2.00. The quantitative estimate of drug-likeness (QED) is 0.785. The third-order valence-corrected chi connectivity index (χ3v) is 3.20. The Kier molecular flexibility index (Phi) is 6.14. The number of unbranched alkanes of at least 4 members (excludes halogenated alkanes) is 1. The van der Waals surface area contributed by atoms with E-state index in [1.165, 1.54) is 12.2 Å². The lowest BCUT2D eigenvalue weighted by Gasteiger charge is -2.08. The van der Waals surface area contributed by atoms with Crippen LogP contribution in [0.15, 0.2) is 18.2 Å². The first kappa shape index (κ1) is 13.2. The predicted octanol–water partition coefficient (Wildman–Crippen LogP) is 3.77. The van der Waals surface area contributed by atoms with Crippen LogP contribution in [-0.2, 0) is 0 Å². The van der Waals surface area contributed by atoms with Crippen LogP contribution in [0.4, 0.5) is 5.69 Å². The molecule has 0 aromatic heterocycles. The molecule has 1 N–H and O–H groups in total. The van der Waals surface area contributed by atoms with Gasteiger partial charge in [0.15, 0.2) is 0 Å². The van der Waals surface area contributed by atoms with Crippen LogP contribution in [0.2, 0.25) is 5.02 Å². The molecule has 86 valence electrons. The lowest BCUT2D eigenvalue weighted by Crippen LogP contribution is -2.02. The summed E-state index contributed by atoms with van der Waals surface area (Å²) < 4.78 is 0. The molecule has 0 aliphatic carbocycles. The maximum atomic E-state index is 8.69. The second-order valence-electron chi connectivity index (χ2n) is 3.43. The van der Waals surface area contributed by atoms with Crippen molar-refractivity contribution in [3.63, 3.8) is 0 Å². The van der Waals surface area contributed by atoms with Crippen molar-refractivity contribution in [3.8, 4) is 6.07 Å². The Morgan fingerprint density at radius 1 is 1.44 bits per heavy atom. The van der Waals surface area contributed by atoms with Gasteiger partial charge < -0.3 is 5.32 Å². The molecule has 0 fully saturated rings. The van der Waals surface area contributed by atoms with E-state index in [0.29, 0.717) is 10.6 Å². The molecule has 16 heavy (non-hydrogen) atoms. The Hall–Kier alpha value is -0.850. The molecule has 0 amide bonds. The van der Waals surface area contributed by atoms with Gasteiger partial charge >= 0.3 is 0 Å². The molecule has 0 saturated carbocycles. The zero-order valence-electron chi connectivity index (χ0n) is 9.29. The first-order valence-electron chi connectivity index (χ1n) is 5.20. The first-order chi connectivity index (χ1) is 7.77. The smallest absolute Gasteiger partial charge is 0.0992 e. The lowest BCUT2D eigenvalue weighted by atomic mass is 10.2. The van der Waals surface area contributed by atoms with Crippen molar-refractivity contribution in [3.05, 3.63) is 28.8 Å². The second-order valence-corrected chi connectivity index (χ2v) is 4.83. The van der Waals surface area contributed by atoms with Gasteiger partial charge in [-0.25, -0.2) is 0 Å². The van der Waals surface area contributed by atoms with Crippen LogP contribution in [0.3, 0.4) is 0 Å². The van der Waals surface area contributed by atoms with E-state index >= 15 is 0 Å². The largest absolute Gasteiger partial charge is 0.384 e. The van der Waals surface area contributed by atoms with Crippen LogP contribution < -0.4 is 5.32 Å². The van der Waals surface area contributed by atoms with E-state index in [1.54, 1.807) is 12.1 Å². The summed E-state index contributed by atoms with van der Waals surface area (Å²) in [7, 11) is 0. The molecule has 0 atom stereocenters. The van der Waals surface area contributed by atoms with Crippen LogP contribution in [-0.4, -0.2) is 18.6 Å². The minimum atomic E-state index is 0.595. The molecule has 0 unspecified atom stereocenters. The molecule has 2 nitrogen and oxygen atoms in total. The van der Waals surface area contributed by atoms with Crippen molar-refractivity contribution in [2.24, 2.45) is 0 Å². The number of nitriles is 1. The predicted molar refractivity (Wildman–Crippen MR) is 72.3 cm³/mol. The third kappa shape index (κ3) is 4.34. The van der Waals surface area contributed by atoms with E-state index in [4.69, 9.17) is 16.9 Å². The fourth-order valence-electron chi connectivity index (χ4n) is 1.32. The van der Waals surface area contributed by atoms with Gasteiger partial charge in [-0.3, -0.25) is 0 Å². The Balaban J connectivity index is 2.40. The summed E-state index contributed by atoms with van der Waals surface area (Å²) in [6.07, 6.45) is 4.46. The minimum Gasteiger partial charge on any atom is -0.384 e. The van der Waals surface area contributed by atoms with Crippen molar-refractivity contribution in [2.45, 2.75) is 12.8 Å². The van der Waals surface area contributed by atoms with Gasteiger partial charge in [-0.2, -0.15) is 17.0 Å². The van der Waals surface area contributed by atoms with Crippen molar-refractivity contribution >= 4 is 29.1 Å². The summed E-state index contributed by atoms with van der Waals surface area (Å²) in [5.41, 5.74) is 1.50. The van der Waals surface area contributed by atoms with E-state index in [2.05, 4.69) is 17.6 Å². The summed E-state index contributed by atoms with van der Waals surface area (Å²) in [6.45, 7) is 0.923. The number of nitrogens with zero attached hydrogens (tertiary/aromatic N) is 1. The molecule has 1 aromatic carbocycles. The third-order valence-electron chi connectivity index (χ3n) is 2.19. The molecule has 0 aliphatic heterocycles. The van der Waals surface area contributed by atoms with Crippen molar-refractivity contribution < 1.29 is 0 Å². The molecule has 1 aromatic rings. The molecule has 0 heterocycles. The second kappa shape index (κ2) is 7.43. The van der Waals surface area contributed by atoms with Gasteiger partial charge in [-0.05, 0) is 43.0 Å². The molecule has 0 spiro atoms. The van der Waals surface area contributed by atoms with Crippen LogP contribution in [0.1, 0.15) is 18.4 Å². The van der Waals surface area contributed by atoms with Gasteiger partial charge in [0.2, 0.25) is 0 Å². The summed E-state index contributed by atoms with van der Waals surface area (Å²) in [5, 5.41) is 12.6. The highest BCUT2D eigenvalue weighted by Crippen LogP contribution is 2.22. The minimum absolute atomic E-state index is 0.595. The molecule has 0 saturated heterocycles. The topological polar surface area (TPSA) is 35.8 Å². The average Bonchev–Trinajstić information content (AvgIpc) is 2.30. The highest BCUT2D eigenvalue weighted by atomic mass is 35.5. The monoisotopic (exact) mass is 254 g/mol. The summed E-state index contributed by atoms with van der Waals surface area (Å²) in [6, 6.07) is 7.38. The number of thioether (sulfide) groups is 1. The van der Waals surface area contributed by atoms with Crippen LogP contribution >= 0.6 is 23.4 Å². The SMILES string of the molecule is CSCCCCNc1ccc(C#N)cc1Cl. The number of benzene rings is 1. The highest BCUT2D eigenvalue weighted by molar-refractivity contribution is 7.98. The van der Waals surface area contributed by atoms with E-state index < -0.39 is 0 Å². The molecule has 1 rings (SSSR count). The number of halogens is 1. The summed E-state index contributed by atoms with van der Waals surface area (Å²) >= 11 is 7.90. The first-order valence-corrected chi connectivity index (χ1v) is 6.97. The van der Waals surface area contributed by atoms with Gasteiger partial charge in [-0.15, -0.1) is 0 Å². The van der Waals surface area contributed by atoms with Gasteiger partial charge in [0.1, 0.15) is 0 Å². The van der Waals surface area contributed by atoms with Gasteiger partial charge in [0.05, 0.1) is 22.3 Å². The molecular formula is C12H15ClN2S. The van der Waals surface area contributed by atoms with E-state index in [1.807, 2.05) is 17.8 Å². The number of hydrogen-bond donors (Lipinski definition) is 1. The number of hydrogen-bond acceptors (Lipinski definition) is 3. The zero-order chi connectivity index (χ0) is 11.8. The number of rotatable bonds is 6. The summed E-state index contributed by atoms with van der Waals surface area (Å²) in [5.74, 6) is 1.20. The molecule has 0 bridgehead atoms. The molecule has 0 radical (unpaired) electrons.